The molecule has 0 aliphatic rings. The van der Waals surface area contributed by atoms with Gasteiger partial charge in [0, 0.05) is 36.5 Å². The van der Waals surface area contributed by atoms with Crippen LogP contribution >= 0.6 is 11.3 Å². The van der Waals surface area contributed by atoms with Crippen molar-refractivity contribution in [3.8, 4) is 22.0 Å². The van der Waals surface area contributed by atoms with Crippen molar-refractivity contribution in [1.82, 2.24) is 24.7 Å². The van der Waals surface area contributed by atoms with Gasteiger partial charge in [0.05, 0.1) is 5.69 Å². The minimum atomic E-state index is 0.500. The summed E-state index contributed by atoms with van der Waals surface area (Å²) in [7, 11) is 1.86. The Morgan fingerprint density at radius 2 is 1.88 bits per heavy atom. The predicted molar refractivity (Wildman–Crippen MR) is 95.1 cm³/mol. The van der Waals surface area contributed by atoms with Crippen LogP contribution in [0.15, 0.2) is 60.2 Å². The van der Waals surface area contributed by atoms with Crippen molar-refractivity contribution < 1.29 is 0 Å². The van der Waals surface area contributed by atoms with Crippen LogP contribution in [0.1, 0.15) is 0 Å². The van der Waals surface area contributed by atoms with Crippen molar-refractivity contribution in [2.45, 2.75) is 0 Å². The summed E-state index contributed by atoms with van der Waals surface area (Å²) >= 11 is 1.60. The first-order valence-corrected chi connectivity index (χ1v) is 8.27. The van der Waals surface area contributed by atoms with E-state index < -0.39 is 0 Å². The molecular weight excluding hydrogens is 320 g/mol. The zero-order valence-electron chi connectivity index (χ0n) is 12.9. The van der Waals surface area contributed by atoms with E-state index in [-0.39, 0.29) is 0 Å². The monoisotopic (exact) mass is 334 g/mol. The Balaban J connectivity index is 1.61. The zero-order valence-corrected chi connectivity index (χ0v) is 13.7. The summed E-state index contributed by atoms with van der Waals surface area (Å²) in [6, 6.07) is 13.8. The van der Waals surface area contributed by atoms with E-state index in [1.54, 1.807) is 22.2 Å². The summed E-state index contributed by atoms with van der Waals surface area (Å²) in [4.78, 5) is 13.4. The Labute approximate surface area is 142 Å². The molecule has 3 heterocycles. The molecule has 4 aromatic rings. The molecule has 0 spiro atoms. The van der Waals surface area contributed by atoms with Gasteiger partial charge in [0.2, 0.25) is 5.95 Å². The van der Waals surface area contributed by atoms with Crippen LogP contribution < -0.4 is 5.32 Å². The van der Waals surface area contributed by atoms with Crippen molar-refractivity contribution in [3.05, 3.63) is 60.2 Å². The second kappa shape index (κ2) is 6.21. The molecule has 0 radical (unpaired) electrons. The van der Waals surface area contributed by atoms with Crippen LogP contribution in [-0.4, -0.2) is 24.7 Å². The lowest BCUT2D eigenvalue weighted by Gasteiger charge is -2.02. The fourth-order valence-corrected chi connectivity index (χ4v) is 3.08. The molecule has 0 amide bonds. The van der Waals surface area contributed by atoms with E-state index in [1.807, 2.05) is 49.0 Å². The molecule has 0 fully saturated rings. The Bertz CT molecular complexity index is 960. The van der Waals surface area contributed by atoms with E-state index in [2.05, 4.69) is 37.5 Å². The van der Waals surface area contributed by atoms with E-state index in [0.717, 1.165) is 22.0 Å². The van der Waals surface area contributed by atoms with Crippen LogP contribution in [0.4, 0.5) is 11.8 Å². The zero-order chi connectivity index (χ0) is 16.4. The fourth-order valence-electron chi connectivity index (χ4n) is 2.26. The van der Waals surface area contributed by atoms with Crippen LogP contribution in [-0.2, 0) is 7.05 Å². The fraction of sp³-hybridized carbons (Fsp3) is 0.0588. The van der Waals surface area contributed by atoms with Gasteiger partial charge in [-0.15, -0.1) is 11.3 Å². The van der Waals surface area contributed by atoms with Gasteiger partial charge in [-0.25, -0.2) is 15.0 Å². The van der Waals surface area contributed by atoms with Gasteiger partial charge < -0.3 is 5.32 Å². The summed E-state index contributed by atoms with van der Waals surface area (Å²) in [6.45, 7) is 0. The van der Waals surface area contributed by atoms with Crippen molar-refractivity contribution in [3.63, 3.8) is 0 Å². The van der Waals surface area contributed by atoms with Crippen LogP contribution in [0.2, 0.25) is 0 Å². The van der Waals surface area contributed by atoms with E-state index in [4.69, 9.17) is 0 Å². The summed E-state index contributed by atoms with van der Waals surface area (Å²) < 4.78 is 1.72. The van der Waals surface area contributed by atoms with Gasteiger partial charge in [-0.05, 0) is 6.07 Å². The first-order valence-electron chi connectivity index (χ1n) is 7.39. The quantitative estimate of drug-likeness (QED) is 0.616. The van der Waals surface area contributed by atoms with Gasteiger partial charge in [0.15, 0.2) is 5.82 Å². The average Bonchev–Trinajstić information content (AvgIpc) is 3.25. The molecule has 24 heavy (non-hydrogen) atoms. The van der Waals surface area contributed by atoms with Crippen LogP contribution in [0, 0.1) is 0 Å². The normalized spacial score (nSPS) is 10.7. The second-order valence-electron chi connectivity index (χ2n) is 5.17. The van der Waals surface area contributed by atoms with E-state index in [1.165, 1.54) is 0 Å². The molecule has 7 heteroatoms. The van der Waals surface area contributed by atoms with Crippen molar-refractivity contribution in [2.75, 3.05) is 5.32 Å². The Morgan fingerprint density at radius 1 is 1.00 bits per heavy atom. The molecule has 0 saturated heterocycles. The maximum absolute atomic E-state index is 4.68. The Morgan fingerprint density at radius 3 is 2.67 bits per heavy atom. The molecule has 118 valence electrons. The third-order valence-electron chi connectivity index (χ3n) is 3.40. The molecule has 6 nitrogen and oxygen atoms in total. The molecule has 0 aliphatic heterocycles. The molecular formula is C17H14N6S. The first kappa shape index (κ1) is 14.5. The minimum absolute atomic E-state index is 0.500. The van der Waals surface area contributed by atoms with Crippen LogP contribution in [0.5, 0.6) is 0 Å². The number of nitrogens with zero attached hydrogens (tertiary/aromatic N) is 5. The minimum Gasteiger partial charge on any atom is -0.307 e. The summed E-state index contributed by atoms with van der Waals surface area (Å²) in [6.07, 6.45) is 3.58. The number of aryl methyl sites for hydroxylation is 1. The first-order chi connectivity index (χ1) is 11.8. The lowest BCUT2D eigenvalue weighted by Crippen LogP contribution is -1.99. The van der Waals surface area contributed by atoms with Crippen molar-refractivity contribution in [2.24, 2.45) is 7.05 Å². The Kier molecular flexibility index (Phi) is 3.76. The predicted octanol–water partition coefficient (Wildman–Crippen LogP) is 3.74. The van der Waals surface area contributed by atoms with E-state index in [9.17, 15) is 0 Å². The lowest BCUT2D eigenvalue weighted by molar-refractivity contribution is 0.770. The molecule has 0 atom stereocenters. The van der Waals surface area contributed by atoms with Crippen molar-refractivity contribution in [1.29, 1.82) is 0 Å². The van der Waals surface area contributed by atoms with Gasteiger partial charge in [-0.1, -0.05) is 30.3 Å². The molecule has 0 saturated carbocycles. The number of nitrogens with one attached hydrogen (secondary N) is 1. The number of benzene rings is 1. The van der Waals surface area contributed by atoms with Gasteiger partial charge >= 0.3 is 0 Å². The maximum Gasteiger partial charge on any atom is 0.228 e. The number of hydrogen-bond donors (Lipinski definition) is 1. The van der Waals surface area contributed by atoms with Gasteiger partial charge in [-0.2, -0.15) is 5.10 Å². The number of hydrogen-bond acceptors (Lipinski definition) is 6. The lowest BCUT2D eigenvalue weighted by atomic mass is 10.2. The van der Waals surface area contributed by atoms with E-state index >= 15 is 0 Å². The summed E-state index contributed by atoms with van der Waals surface area (Å²) in [5.74, 6) is 1.21. The standard InChI is InChI=1S/C17H14N6S/c1-23-10-8-15(22-23)21-17-18-9-7-13(20-17)14-11-24-16(19-14)12-5-3-2-4-6-12/h2-11H,1H3,(H,18,20,21,22). The van der Waals surface area contributed by atoms with Crippen molar-refractivity contribution >= 4 is 23.1 Å². The van der Waals surface area contributed by atoms with Gasteiger partial charge in [-0.3, -0.25) is 4.68 Å². The Hall–Kier alpha value is -3.06. The highest BCUT2D eigenvalue weighted by atomic mass is 32.1. The van der Waals surface area contributed by atoms with Crippen LogP contribution in [0.3, 0.4) is 0 Å². The molecule has 1 aromatic carbocycles. The smallest absolute Gasteiger partial charge is 0.228 e. The second-order valence-corrected chi connectivity index (χ2v) is 6.03. The third kappa shape index (κ3) is 3.02. The van der Waals surface area contributed by atoms with E-state index in [0.29, 0.717) is 11.8 Å². The highest BCUT2D eigenvalue weighted by Crippen LogP contribution is 2.28. The maximum atomic E-state index is 4.68. The molecule has 0 bridgehead atoms. The molecule has 3 aromatic heterocycles. The molecule has 1 N–H and O–H groups in total. The van der Waals surface area contributed by atoms with Gasteiger partial charge in [0.1, 0.15) is 10.7 Å². The van der Waals surface area contributed by atoms with Gasteiger partial charge in [0.25, 0.3) is 0 Å². The number of anilines is 2. The van der Waals surface area contributed by atoms with Crippen LogP contribution in [0.25, 0.3) is 22.0 Å². The SMILES string of the molecule is Cn1ccc(Nc2nccc(-c3csc(-c4ccccc4)n3)n2)n1. The molecule has 4 rings (SSSR count). The summed E-state index contributed by atoms with van der Waals surface area (Å²) in [5.41, 5.74) is 2.72. The topological polar surface area (TPSA) is 68.5 Å². The average molecular weight is 334 g/mol. The largest absolute Gasteiger partial charge is 0.307 e. The molecule has 0 aliphatic carbocycles. The third-order valence-corrected chi connectivity index (χ3v) is 4.29. The number of aromatic nitrogens is 5. The summed E-state index contributed by atoms with van der Waals surface area (Å²) in [5, 5.41) is 10.3. The molecule has 0 unspecified atom stereocenters. The number of rotatable bonds is 4. The highest BCUT2D eigenvalue weighted by molar-refractivity contribution is 7.13. The number of thiazole rings is 1. The highest BCUT2D eigenvalue weighted by Gasteiger charge is 2.09.